The molecule has 1 saturated heterocycles. The Morgan fingerprint density at radius 2 is 1.86 bits per heavy atom. The molecule has 1 fully saturated rings. The van der Waals surface area contributed by atoms with Gasteiger partial charge in [0.1, 0.15) is 0 Å². The van der Waals surface area contributed by atoms with Crippen LogP contribution in [0.3, 0.4) is 0 Å². The Morgan fingerprint density at radius 1 is 1.14 bits per heavy atom. The lowest BCUT2D eigenvalue weighted by atomic mass is 10.0. The molecular weight excluding hydrogens is 280 g/mol. The summed E-state index contributed by atoms with van der Waals surface area (Å²) in [4.78, 5) is 38.0. The van der Waals surface area contributed by atoms with Crippen LogP contribution in [-0.2, 0) is 9.59 Å². The van der Waals surface area contributed by atoms with Crippen molar-refractivity contribution < 1.29 is 14.4 Å². The molecule has 0 saturated carbocycles. The van der Waals surface area contributed by atoms with E-state index in [0.717, 1.165) is 0 Å². The number of benzene rings is 1. The van der Waals surface area contributed by atoms with Crippen LogP contribution in [0.4, 0.5) is 0 Å². The largest absolute Gasteiger partial charge is 0.287 e. The number of carbonyl (C=O) groups excluding carboxylic acids is 3. The van der Waals surface area contributed by atoms with E-state index in [1.54, 1.807) is 49.5 Å². The van der Waals surface area contributed by atoms with E-state index in [1.165, 1.54) is 9.47 Å². The van der Waals surface area contributed by atoms with Gasteiger partial charge >= 0.3 is 0 Å². The molecule has 1 aliphatic heterocycles. The monoisotopic (exact) mass is 296 g/mol. The molecule has 1 atom stereocenters. The summed E-state index contributed by atoms with van der Waals surface area (Å²) in [5.41, 5.74) is 1.12. The molecule has 5 heteroatoms. The van der Waals surface area contributed by atoms with Gasteiger partial charge in [-0.25, -0.2) is 0 Å². The number of amides is 2. The topological polar surface area (TPSA) is 59.4 Å². The van der Waals surface area contributed by atoms with Crippen LogP contribution in [0.25, 0.3) is 0 Å². The third kappa shape index (κ3) is 2.24. The van der Waals surface area contributed by atoms with Crippen molar-refractivity contribution in [1.82, 2.24) is 9.47 Å². The minimum absolute atomic E-state index is 0.124. The van der Waals surface area contributed by atoms with Gasteiger partial charge in [-0.1, -0.05) is 18.2 Å². The molecular formula is C17H16N2O3. The Hall–Kier alpha value is -2.69. The minimum atomic E-state index is -0.574. The fraction of sp³-hybridized carbons (Fsp3) is 0.235. The van der Waals surface area contributed by atoms with Crippen molar-refractivity contribution in [2.45, 2.75) is 19.3 Å². The quantitative estimate of drug-likeness (QED) is 0.814. The van der Waals surface area contributed by atoms with Gasteiger partial charge in [-0.15, -0.1) is 0 Å². The predicted octanol–water partition coefficient (Wildman–Crippen LogP) is 2.04. The number of carbonyl (C=O) groups is 3. The van der Waals surface area contributed by atoms with Gasteiger partial charge in [-0.05, 0) is 31.2 Å². The molecule has 5 nitrogen and oxygen atoms in total. The van der Waals surface area contributed by atoms with Gasteiger partial charge < -0.3 is 0 Å². The molecule has 112 valence electrons. The number of aromatic nitrogens is 1. The first-order chi connectivity index (χ1) is 10.6. The van der Waals surface area contributed by atoms with Crippen LogP contribution < -0.4 is 0 Å². The number of hydrogen-bond donors (Lipinski definition) is 0. The maximum absolute atomic E-state index is 12.6. The maximum Gasteiger partial charge on any atom is 0.262 e. The second-order valence-electron chi connectivity index (χ2n) is 5.21. The molecule has 2 amide bonds. The van der Waals surface area contributed by atoms with Gasteiger partial charge in [0.05, 0.1) is 5.92 Å². The number of likely N-dealkylation sites (tertiary alicyclic amines) is 1. The Balaban J connectivity index is 1.95. The van der Waals surface area contributed by atoms with E-state index in [-0.39, 0.29) is 24.1 Å². The number of rotatable bonds is 3. The number of imide groups is 1. The van der Waals surface area contributed by atoms with Crippen LogP contribution in [0.15, 0.2) is 48.7 Å². The summed E-state index contributed by atoms with van der Waals surface area (Å²) in [6, 6.07) is 12.3. The standard InChI is InChI=1S/C17H16N2O3/c1-2-18-15(20)11-13(17(18)22)14-9-6-10-19(14)16(21)12-7-4-3-5-8-12/h3-10,13H,2,11H2,1H3. The highest BCUT2D eigenvalue weighted by atomic mass is 16.2. The van der Waals surface area contributed by atoms with Gasteiger partial charge in [-0.3, -0.25) is 23.9 Å². The highest BCUT2D eigenvalue weighted by Gasteiger charge is 2.40. The summed E-state index contributed by atoms with van der Waals surface area (Å²) < 4.78 is 1.46. The van der Waals surface area contributed by atoms with E-state index in [1.807, 2.05) is 6.07 Å². The van der Waals surface area contributed by atoms with Crippen LogP contribution in [0.1, 0.15) is 35.3 Å². The van der Waals surface area contributed by atoms with Gasteiger partial charge in [0.2, 0.25) is 11.8 Å². The molecule has 0 radical (unpaired) electrons. The Labute approximate surface area is 128 Å². The SMILES string of the molecule is CCN1C(=O)CC(c2cccn2C(=O)c2ccccc2)C1=O. The summed E-state index contributed by atoms with van der Waals surface area (Å²) in [5, 5.41) is 0. The first kappa shape index (κ1) is 14.3. The Kier molecular flexibility index (Phi) is 3.63. The second-order valence-corrected chi connectivity index (χ2v) is 5.21. The van der Waals surface area contributed by atoms with E-state index >= 15 is 0 Å². The second kappa shape index (κ2) is 5.60. The molecule has 1 aromatic carbocycles. The Bertz CT molecular complexity index is 733. The summed E-state index contributed by atoms with van der Waals surface area (Å²) in [5.74, 6) is -1.18. The van der Waals surface area contributed by atoms with Crippen LogP contribution >= 0.6 is 0 Å². The molecule has 22 heavy (non-hydrogen) atoms. The first-order valence-electron chi connectivity index (χ1n) is 7.24. The number of nitrogens with zero attached hydrogens (tertiary/aromatic N) is 2. The third-order valence-electron chi connectivity index (χ3n) is 3.94. The van der Waals surface area contributed by atoms with Crippen molar-refractivity contribution in [3.05, 3.63) is 59.9 Å². The van der Waals surface area contributed by atoms with Crippen molar-refractivity contribution in [2.24, 2.45) is 0 Å². The van der Waals surface area contributed by atoms with E-state index in [0.29, 0.717) is 17.8 Å². The first-order valence-corrected chi connectivity index (χ1v) is 7.24. The van der Waals surface area contributed by atoms with Crippen molar-refractivity contribution in [3.8, 4) is 0 Å². The lowest BCUT2D eigenvalue weighted by Gasteiger charge is -2.14. The van der Waals surface area contributed by atoms with Gasteiger partial charge in [0.15, 0.2) is 0 Å². The molecule has 2 heterocycles. The van der Waals surface area contributed by atoms with Crippen LogP contribution in [0.5, 0.6) is 0 Å². The van der Waals surface area contributed by atoms with Gasteiger partial charge in [0.25, 0.3) is 5.91 Å². The van der Waals surface area contributed by atoms with Crippen molar-refractivity contribution in [2.75, 3.05) is 6.54 Å². The van der Waals surface area contributed by atoms with Crippen LogP contribution in [-0.4, -0.2) is 33.7 Å². The van der Waals surface area contributed by atoms with Crippen LogP contribution in [0.2, 0.25) is 0 Å². The lowest BCUT2D eigenvalue weighted by molar-refractivity contribution is -0.138. The van der Waals surface area contributed by atoms with Crippen LogP contribution in [0, 0.1) is 0 Å². The van der Waals surface area contributed by atoms with E-state index < -0.39 is 5.92 Å². The molecule has 0 spiro atoms. The lowest BCUT2D eigenvalue weighted by Crippen LogP contribution is -2.30. The molecule has 1 aliphatic rings. The fourth-order valence-electron chi connectivity index (χ4n) is 2.83. The Morgan fingerprint density at radius 3 is 2.50 bits per heavy atom. The smallest absolute Gasteiger partial charge is 0.262 e. The summed E-state index contributed by atoms with van der Waals surface area (Å²) in [6.45, 7) is 2.13. The predicted molar refractivity (Wildman–Crippen MR) is 80.4 cm³/mol. The average molecular weight is 296 g/mol. The van der Waals surface area contributed by atoms with Crippen molar-refractivity contribution in [3.63, 3.8) is 0 Å². The molecule has 0 bridgehead atoms. The van der Waals surface area contributed by atoms with Crippen molar-refractivity contribution in [1.29, 1.82) is 0 Å². The van der Waals surface area contributed by atoms with E-state index in [9.17, 15) is 14.4 Å². The molecule has 1 aromatic heterocycles. The highest BCUT2D eigenvalue weighted by Crippen LogP contribution is 2.30. The summed E-state index contributed by atoms with van der Waals surface area (Å²) >= 11 is 0. The van der Waals surface area contributed by atoms with E-state index in [2.05, 4.69) is 0 Å². The molecule has 3 rings (SSSR count). The van der Waals surface area contributed by atoms with Crippen molar-refractivity contribution >= 4 is 17.7 Å². The zero-order valence-electron chi connectivity index (χ0n) is 12.2. The minimum Gasteiger partial charge on any atom is -0.287 e. The number of likely N-dealkylation sites (N-methyl/N-ethyl adjacent to an activating group) is 1. The van der Waals surface area contributed by atoms with Gasteiger partial charge in [0, 0.05) is 30.4 Å². The molecule has 2 aromatic rings. The normalized spacial score (nSPS) is 18.0. The van der Waals surface area contributed by atoms with E-state index in [4.69, 9.17) is 0 Å². The zero-order valence-corrected chi connectivity index (χ0v) is 12.2. The highest BCUT2D eigenvalue weighted by molar-refractivity contribution is 6.06. The number of hydrogen-bond acceptors (Lipinski definition) is 3. The summed E-state index contributed by atoms with van der Waals surface area (Å²) in [6.07, 6.45) is 1.76. The average Bonchev–Trinajstić information content (AvgIpc) is 3.12. The summed E-state index contributed by atoms with van der Waals surface area (Å²) in [7, 11) is 0. The van der Waals surface area contributed by atoms with Gasteiger partial charge in [-0.2, -0.15) is 0 Å². The molecule has 0 aliphatic carbocycles. The molecule has 0 N–H and O–H groups in total. The fourth-order valence-corrected chi connectivity index (χ4v) is 2.83. The third-order valence-corrected chi connectivity index (χ3v) is 3.94. The maximum atomic E-state index is 12.6. The molecule has 1 unspecified atom stereocenters. The zero-order chi connectivity index (χ0) is 15.7.